The third-order valence-corrected chi connectivity index (χ3v) is 4.19. The number of hydrogen-bond donors (Lipinski definition) is 0. The lowest BCUT2D eigenvalue weighted by Gasteiger charge is -2.10. The van der Waals surface area contributed by atoms with Crippen molar-refractivity contribution in [3.8, 4) is 0 Å². The molecule has 0 bridgehead atoms. The van der Waals surface area contributed by atoms with Gasteiger partial charge in [0.25, 0.3) is 0 Å². The lowest BCUT2D eigenvalue weighted by atomic mass is 10.2. The fourth-order valence-corrected chi connectivity index (χ4v) is 3.05. The Morgan fingerprint density at radius 3 is 2.81 bits per heavy atom. The molecular formula is C16H13ClFIN2. The highest BCUT2D eigenvalue weighted by atomic mass is 127. The van der Waals surface area contributed by atoms with Gasteiger partial charge >= 0.3 is 0 Å². The van der Waals surface area contributed by atoms with Crippen LogP contribution in [0.1, 0.15) is 23.7 Å². The first-order chi connectivity index (χ1) is 10.0. The first-order valence-electron chi connectivity index (χ1n) is 6.59. The van der Waals surface area contributed by atoms with E-state index in [0.717, 1.165) is 26.0 Å². The molecule has 3 rings (SSSR count). The Hall–Kier alpha value is -1.14. The summed E-state index contributed by atoms with van der Waals surface area (Å²) in [6.45, 7) is 2.46. The van der Waals surface area contributed by atoms with Crippen molar-refractivity contribution in [2.75, 3.05) is 0 Å². The summed E-state index contributed by atoms with van der Waals surface area (Å²) in [6.07, 6.45) is 0. The predicted molar refractivity (Wildman–Crippen MR) is 92.2 cm³/mol. The highest BCUT2D eigenvalue weighted by molar-refractivity contribution is 14.1. The van der Waals surface area contributed by atoms with Crippen LogP contribution in [0.4, 0.5) is 4.39 Å². The molecule has 108 valence electrons. The maximum Gasteiger partial charge on any atom is 0.128 e. The Morgan fingerprint density at radius 1 is 1.29 bits per heavy atom. The van der Waals surface area contributed by atoms with Crippen molar-refractivity contribution in [2.45, 2.75) is 18.8 Å². The molecule has 0 saturated carbocycles. The van der Waals surface area contributed by atoms with Crippen LogP contribution in [0.25, 0.3) is 11.0 Å². The van der Waals surface area contributed by atoms with Gasteiger partial charge in [0.2, 0.25) is 0 Å². The predicted octanol–water partition coefficient (Wildman–Crippen LogP) is 5.13. The zero-order valence-electron chi connectivity index (χ0n) is 11.4. The maximum atomic E-state index is 13.4. The van der Waals surface area contributed by atoms with Crippen molar-refractivity contribution in [1.29, 1.82) is 0 Å². The van der Waals surface area contributed by atoms with E-state index in [2.05, 4.69) is 32.1 Å². The van der Waals surface area contributed by atoms with E-state index < -0.39 is 0 Å². The van der Waals surface area contributed by atoms with E-state index in [-0.39, 0.29) is 11.2 Å². The average molecular weight is 415 g/mol. The quantitative estimate of drug-likeness (QED) is 0.429. The largest absolute Gasteiger partial charge is 0.322 e. The van der Waals surface area contributed by atoms with Crippen molar-refractivity contribution < 1.29 is 4.39 Å². The summed E-state index contributed by atoms with van der Waals surface area (Å²) in [4.78, 5) is 4.62. The van der Waals surface area contributed by atoms with Crippen LogP contribution in [0.15, 0.2) is 42.5 Å². The summed E-state index contributed by atoms with van der Waals surface area (Å²) in [6, 6.07) is 12.7. The molecule has 0 spiro atoms. The molecule has 1 atom stereocenters. The van der Waals surface area contributed by atoms with Gasteiger partial charge in [0.1, 0.15) is 11.6 Å². The van der Waals surface area contributed by atoms with E-state index in [0.29, 0.717) is 6.54 Å². The van der Waals surface area contributed by atoms with Gasteiger partial charge in [-0.2, -0.15) is 0 Å². The number of alkyl halides is 1. The summed E-state index contributed by atoms with van der Waals surface area (Å²) < 4.78 is 16.6. The second kappa shape index (κ2) is 5.93. The van der Waals surface area contributed by atoms with Crippen LogP contribution in [-0.4, -0.2) is 9.55 Å². The Labute approximate surface area is 141 Å². The number of nitrogens with zero attached hydrogens (tertiary/aromatic N) is 2. The third-order valence-electron chi connectivity index (χ3n) is 3.33. The van der Waals surface area contributed by atoms with E-state index in [4.69, 9.17) is 11.6 Å². The zero-order chi connectivity index (χ0) is 15.0. The topological polar surface area (TPSA) is 17.8 Å². The van der Waals surface area contributed by atoms with Gasteiger partial charge in [-0.05, 0) is 65.4 Å². The highest BCUT2D eigenvalue weighted by Gasteiger charge is 2.15. The first-order valence-corrected chi connectivity index (χ1v) is 8.10. The molecule has 0 radical (unpaired) electrons. The van der Waals surface area contributed by atoms with Gasteiger partial charge < -0.3 is 4.57 Å². The van der Waals surface area contributed by atoms with Crippen molar-refractivity contribution in [3.05, 3.63) is 63.2 Å². The number of rotatable bonds is 3. The Kier molecular flexibility index (Phi) is 4.17. The van der Waals surface area contributed by atoms with Crippen LogP contribution in [0.5, 0.6) is 0 Å². The molecule has 0 aliphatic carbocycles. The molecule has 21 heavy (non-hydrogen) atoms. The normalized spacial score (nSPS) is 12.8. The molecule has 3 aromatic rings. The molecular weight excluding hydrogens is 402 g/mol. The van der Waals surface area contributed by atoms with Gasteiger partial charge in [0.05, 0.1) is 16.4 Å². The molecule has 0 amide bonds. The number of aromatic nitrogens is 2. The standard InChI is InChI=1S/C16H13ClFIN2/c1-10(17)16-20-14-8-13(19)5-6-15(14)21(16)9-11-3-2-4-12(18)7-11/h2-8,10H,9H2,1H3. The molecule has 0 saturated heterocycles. The second-order valence-corrected chi connectivity index (χ2v) is 6.84. The number of hydrogen-bond acceptors (Lipinski definition) is 1. The van der Waals surface area contributed by atoms with Crippen LogP contribution in [-0.2, 0) is 6.54 Å². The van der Waals surface area contributed by atoms with Crippen molar-refractivity contribution in [3.63, 3.8) is 0 Å². The van der Waals surface area contributed by atoms with Crippen LogP contribution < -0.4 is 0 Å². The van der Waals surface area contributed by atoms with Gasteiger partial charge in [-0.1, -0.05) is 12.1 Å². The lowest BCUT2D eigenvalue weighted by molar-refractivity contribution is 0.623. The number of fused-ring (bicyclic) bond motifs is 1. The van der Waals surface area contributed by atoms with Crippen LogP contribution >= 0.6 is 34.2 Å². The van der Waals surface area contributed by atoms with Gasteiger partial charge in [-0.15, -0.1) is 11.6 Å². The number of imidazole rings is 1. The van der Waals surface area contributed by atoms with E-state index in [1.165, 1.54) is 6.07 Å². The average Bonchev–Trinajstić information content (AvgIpc) is 2.77. The van der Waals surface area contributed by atoms with E-state index in [9.17, 15) is 4.39 Å². The van der Waals surface area contributed by atoms with Crippen LogP contribution in [0, 0.1) is 9.39 Å². The minimum absolute atomic E-state index is 0.205. The summed E-state index contributed by atoms with van der Waals surface area (Å²) in [5, 5.41) is -0.205. The molecule has 0 fully saturated rings. The maximum absolute atomic E-state index is 13.4. The Bertz CT molecular complexity index is 798. The van der Waals surface area contributed by atoms with Crippen molar-refractivity contribution in [1.82, 2.24) is 9.55 Å². The summed E-state index contributed by atoms with van der Waals surface area (Å²) in [5.41, 5.74) is 2.83. The van der Waals surface area contributed by atoms with Gasteiger partial charge in [-0.3, -0.25) is 0 Å². The minimum Gasteiger partial charge on any atom is -0.322 e. The van der Waals surface area contributed by atoms with Gasteiger partial charge in [-0.25, -0.2) is 9.37 Å². The van der Waals surface area contributed by atoms with Crippen LogP contribution in [0.2, 0.25) is 0 Å². The van der Waals surface area contributed by atoms with E-state index >= 15 is 0 Å². The number of halogens is 3. The van der Waals surface area contributed by atoms with E-state index in [1.54, 1.807) is 12.1 Å². The Morgan fingerprint density at radius 2 is 2.10 bits per heavy atom. The minimum atomic E-state index is -0.230. The van der Waals surface area contributed by atoms with Crippen molar-refractivity contribution >= 4 is 45.2 Å². The molecule has 0 aliphatic rings. The van der Waals surface area contributed by atoms with E-state index in [1.807, 2.05) is 31.2 Å². The fourth-order valence-electron chi connectivity index (χ4n) is 2.41. The Balaban J connectivity index is 2.13. The second-order valence-electron chi connectivity index (χ2n) is 4.94. The van der Waals surface area contributed by atoms with Gasteiger partial charge in [0, 0.05) is 10.1 Å². The molecule has 0 N–H and O–H groups in total. The summed E-state index contributed by atoms with van der Waals surface area (Å²) in [7, 11) is 0. The smallest absolute Gasteiger partial charge is 0.128 e. The molecule has 2 nitrogen and oxygen atoms in total. The summed E-state index contributed by atoms with van der Waals surface area (Å²) in [5.74, 6) is 0.574. The number of benzene rings is 2. The molecule has 5 heteroatoms. The molecule has 0 aliphatic heterocycles. The SMILES string of the molecule is CC(Cl)c1nc2cc(I)ccc2n1Cc1cccc(F)c1. The van der Waals surface area contributed by atoms with Gasteiger partial charge in [0.15, 0.2) is 0 Å². The molecule has 1 unspecified atom stereocenters. The molecule has 1 aromatic heterocycles. The third kappa shape index (κ3) is 3.06. The lowest BCUT2D eigenvalue weighted by Crippen LogP contribution is -2.06. The zero-order valence-corrected chi connectivity index (χ0v) is 14.3. The van der Waals surface area contributed by atoms with Crippen LogP contribution in [0.3, 0.4) is 0 Å². The first kappa shape index (κ1) is 14.8. The fraction of sp³-hybridized carbons (Fsp3) is 0.188. The molecule has 1 heterocycles. The van der Waals surface area contributed by atoms with Crippen molar-refractivity contribution in [2.24, 2.45) is 0 Å². The summed E-state index contributed by atoms with van der Waals surface area (Å²) >= 11 is 8.52. The highest BCUT2D eigenvalue weighted by Crippen LogP contribution is 2.26. The monoisotopic (exact) mass is 414 g/mol. The molecule has 2 aromatic carbocycles.